The van der Waals surface area contributed by atoms with Gasteiger partial charge in [0.1, 0.15) is 12.1 Å². The number of carbonyl (C=O) groups excluding carboxylic acids is 5. The first-order valence-corrected chi connectivity index (χ1v) is 17.4. The third kappa shape index (κ3) is 8.67. The molecule has 1 aromatic rings. The highest BCUT2D eigenvalue weighted by Gasteiger charge is 2.56. The summed E-state index contributed by atoms with van der Waals surface area (Å²) in [6, 6.07) is 3.63. The Morgan fingerprint density at radius 2 is 1.75 bits per heavy atom. The molecule has 0 radical (unpaired) electrons. The van der Waals surface area contributed by atoms with Crippen LogP contribution in [0.1, 0.15) is 98.5 Å². The number of Topliss-reactive ketones (excluding diaryl/α,β-unsaturated/α-hetero) is 1. The van der Waals surface area contributed by atoms with E-state index >= 15 is 0 Å². The SMILES string of the molecule is CC(C)(C)NC(=O)N[C@H](C(=O)N1C[C@@]2(CC(c3cccc(Cl)c3)=NO2)C[C@H]1C(=O)N[C@@H](CC1CCC1)C(=O)C(=O)NC1CC1)C(C)(C)C. The lowest BCUT2D eigenvalue weighted by Gasteiger charge is -2.36. The van der Waals surface area contributed by atoms with Gasteiger partial charge in [-0.25, -0.2) is 4.79 Å². The van der Waals surface area contributed by atoms with Crippen LogP contribution in [0.4, 0.5) is 4.79 Å². The van der Waals surface area contributed by atoms with E-state index in [1.807, 2.05) is 53.7 Å². The number of ketones is 1. The Morgan fingerprint density at radius 3 is 2.33 bits per heavy atom. The first kappa shape index (κ1) is 35.6. The van der Waals surface area contributed by atoms with Gasteiger partial charge in [-0.05, 0) is 63.5 Å². The second kappa shape index (κ2) is 13.7. The molecule has 3 fully saturated rings. The number of hydrogen-bond acceptors (Lipinski definition) is 7. The molecule has 13 heteroatoms. The summed E-state index contributed by atoms with van der Waals surface area (Å²) in [4.78, 5) is 75.5. The van der Waals surface area contributed by atoms with E-state index in [2.05, 4.69) is 26.4 Å². The zero-order valence-electron chi connectivity index (χ0n) is 28.8. The van der Waals surface area contributed by atoms with E-state index in [0.717, 1.165) is 37.7 Å². The maximum atomic E-state index is 14.5. The molecule has 0 aromatic heterocycles. The summed E-state index contributed by atoms with van der Waals surface area (Å²) in [5.74, 6) is -2.16. The molecule has 262 valence electrons. The Hall–Kier alpha value is -3.67. The van der Waals surface area contributed by atoms with Gasteiger partial charge in [0.05, 0.1) is 18.3 Å². The van der Waals surface area contributed by atoms with Gasteiger partial charge in [0.2, 0.25) is 17.6 Å². The van der Waals surface area contributed by atoms with E-state index in [1.54, 1.807) is 12.1 Å². The number of nitrogens with one attached hydrogen (secondary N) is 4. The standard InChI is InChI=1S/C35H49ClN6O6/c1-33(2,3)28(39-32(47)40-34(4,5)6)31(46)42-19-35(17-25(41-48-35)21-11-8-12-22(36)16-21)18-26(42)29(44)38-24(15-20-9-7-10-20)27(43)30(45)37-23-13-14-23/h8,11-12,16,20,23-24,26,28H,7,9-10,13-15,17-19H2,1-6H3,(H,37,45)(H,38,44)(H2,39,40,47)/t24-,26-,28+,35+/m0/s1. The van der Waals surface area contributed by atoms with Crippen molar-refractivity contribution in [1.29, 1.82) is 0 Å². The van der Waals surface area contributed by atoms with Crippen LogP contribution in [0, 0.1) is 11.3 Å². The maximum absolute atomic E-state index is 14.5. The number of likely N-dealkylation sites (tertiary alicyclic amines) is 1. The molecule has 5 amide bonds. The maximum Gasteiger partial charge on any atom is 0.315 e. The van der Waals surface area contributed by atoms with Crippen LogP contribution in [0.5, 0.6) is 0 Å². The number of nitrogens with zero attached hydrogens (tertiary/aromatic N) is 2. The molecule has 2 aliphatic carbocycles. The Bertz CT molecular complexity index is 1480. The quantitative estimate of drug-likeness (QED) is 0.274. The molecule has 0 bridgehead atoms. The van der Waals surface area contributed by atoms with Crippen LogP contribution in [-0.2, 0) is 24.0 Å². The molecule has 0 unspecified atom stereocenters. The monoisotopic (exact) mass is 684 g/mol. The second-order valence-corrected chi connectivity index (χ2v) is 16.5. The third-order valence-corrected chi connectivity index (χ3v) is 9.66. The second-order valence-electron chi connectivity index (χ2n) is 16.0. The number of hydrogen-bond donors (Lipinski definition) is 4. The highest BCUT2D eigenvalue weighted by molar-refractivity contribution is 6.38. The fourth-order valence-corrected chi connectivity index (χ4v) is 6.67. The van der Waals surface area contributed by atoms with Crippen LogP contribution >= 0.6 is 11.6 Å². The van der Waals surface area contributed by atoms with Gasteiger partial charge in [0.25, 0.3) is 5.91 Å². The highest BCUT2D eigenvalue weighted by atomic mass is 35.5. The molecular weight excluding hydrogens is 636 g/mol. The van der Waals surface area contributed by atoms with Crippen LogP contribution in [0.3, 0.4) is 0 Å². The average Bonchev–Trinajstić information content (AvgIpc) is 3.56. The molecule has 4 aliphatic rings. The molecule has 2 saturated carbocycles. The number of benzene rings is 1. The number of amides is 5. The normalized spacial score (nSPS) is 23.8. The van der Waals surface area contributed by atoms with Crippen molar-refractivity contribution >= 4 is 46.8 Å². The molecule has 48 heavy (non-hydrogen) atoms. The number of halogens is 1. The summed E-state index contributed by atoms with van der Waals surface area (Å²) in [7, 11) is 0. The van der Waals surface area contributed by atoms with Crippen molar-refractivity contribution < 1.29 is 28.8 Å². The van der Waals surface area contributed by atoms with Crippen molar-refractivity contribution in [1.82, 2.24) is 26.2 Å². The Balaban J connectivity index is 1.41. The lowest BCUT2D eigenvalue weighted by Crippen LogP contribution is -2.61. The summed E-state index contributed by atoms with van der Waals surface area (Å²) < 4.78 is 0. The smallest absolute Gasteiger partial charge is 0.315 e. The van der Waals surface area contributed by atoms with E-state index in [0.29, 0.717) is 23.6 Å². The van der Waals surface area contributed by atoms with Gasteiger partial charge < -0.3 is 31.0 Å². The lowest BCUT2D eigenvalue weighted by atomic mass is 9.80. The number of carbonyl (C=O) groups is 5. The predicted molar refractivity (Wildman–Crippen MR) is 181 cm³/mol. The fraction of sp³-hybridized carbons (Fsp3) is 0.657. The van der Waals surface area contributed by atoms with Crippen molar-refractivity contribution in [2.45, 2.75) is 128 Å². The Morgan fingerprint density at radius 1 is 1.04 bits per heavy atom. The largest absolute Gasteiger partial charge is 0.387 e. The summed E-state index contributed by atoms with van der Waals surface area (Å²) in [6.07, 6.45) is 5.31. The number of urea groups is 1. The van der Waals surface area contributed by atoms with Crippen molar-refractivity contribution in [2.75, 3.05) is 6.54 Å². The van der Waals surface area contributed by atoms with E-state index < -0.39 is 64.2 Å². The van der Waals surface area contributed by atoms with Crippen LogP contribution in [0.15, 0.2) is 29.4 Å². The van der Waals surface area contributed by atoms with Crippen LogP contribution in [0.25, 0.3) is 0 Å². The predicted octanol–water partition coefficient (Wildman–Crippen LogP) is 3.84. The van der Waals surface area contributed by atoms with Gasteiger partial charge in [-0.1, -0.05) is 68.9 Å². The molecular formula is C35H49ClN6O6. The van der Waals surface area contributed by atoms with Gasteiger partial charge in [0, 0.05) is 35.0 Å². The van der Waals surface area contributed by atoms with E-state index in [1.165, 1.54) is 4.90 Å². The van der Waals surface area contributed by atoms with E-state index in [-0.39, 0.29) is 24.9 Å². The van der Waals surface area contributed by atoms with Gasteiger partial charge in [0.15, 0.2) is 5.60 Å². The van der Waals surface area contributed by atoms with Crippen molar-refractivity contribution in [3.8, 4) is 0 Å². The Kier molecular flexibility index (Phi) is 10.2. The van der Waals surface area contributed by atoms with Crippen molar-refractivity contribution in [3.63, 3.8) is 0 Å². The minimum atomic E-state index is -1.05. The number of rotatable bonds is 10. The first-order valence-electron chi connectivity index (χ1n) is 17.0. The minimum absolute atomic E-state index is 0.00479. The average molecular weight is 685 g/mol. The summed E-state index contributed by atoms with van der Waals surface area (Å²) in [5.41, 5.74) is -0.898. The van der Waals surface area contributed by atoms with Gasteiger partial charge in [-0.15, -0.1) is 0 Å². The Labute approximate surface area is 287 Å². The fourth-order valence-electron chi connectivity index (χ4n) is 6.48. The summed E-state index contributed by atoms with van der Waals surface area (Å²) >= 11 is 6.24. The first-order chi connectivity index (χ1) is 22.4. The minimum Gasteiger partial charge on any atom is -0.387 e. The van der Waals surface area contributed by atoms with E-state index in [9.17, 15) is 24.0 Å². The zero-order chi connectivity index (χ0) is 35.0. The molecule has 2 heterocycles. The summed E-state index contributed by atoms with van der Waals surface area (Å²) in [6.45, 7) is 11.1. The zero-order valence-corrected chi connectivity index (χ0v) is 29.5. The topological polar surface area (TPSA) is 158 Å². The van der Waals surface area contributed by atoms with Gasteiger partial charge >= 0.3 is 6.03 Å². The molecule has 12 nitrogen and oxygen atoms in total. The third-order valence-electron chi connectivity index (χ3n) is 9.42. The van der Waals surface area contributed by atoms with Gasteiger partial charge in [-0.3, -0.25) is 19.2 Å². The highest BCUT2D eigenvalue weighted by Crippen LogP contribution is 2.40. The molecule has 2 aliphatic heterocycles. The van der Waals surface area contributed by atoms with Crippen molar-refractivity contribution in [2.24, 2.45) is 16.5 Å². The molecule has 4 N–H and O–H groups in total. The molecule has 1 aromatic carbocycles. The van der Waals surface area contributed by atoms with Crippen LogP contribution < -0.4 is 21.3 Å². The molecule has 5 rings (SSSR count). The lowest BCUT2D eigenvalue weighted by molar-refractivity contribution is -0.144. The van der Waals surface area contributed by atoms with Gasteiger partial charge in [-0.2, -0.15) is 0 Å². The van der Waals surface area contributed by atoms with Crippen LogP contribution in [0.2, 0.25) is 5.02 Å². The molecule has 1 saturated heterocycles. The summed E-state index contributed by atoms with van der Waals surface area (Å²) in [5, 5.41) is 16.2. The van der Waals surface area contributed by atoms with E-state index in [4.69, 9.17) is 16.4 Å². The van der Waals surface area contributed by atoms with Crippen molar-refractivity contribution in [3.05, 3.63) is 34.9 Å². The molecule has 1 spiro atoms. The van der Waals surface area contributed by atoms with Crippen LogP contribution in [-0.4, -0.2) is 82.0 Å². The molecule has 4 atom stereocenters. The number of oxime groups is 1.